The Kier molecular flexibility index (Phi) is 3.23. The number of rotatable bonds is 3. The zero-order valence-corrected chi connectivity index (χ0v) is 11.6. The standard InChI is InChI=1S/C15H15NO3S/c17-15-6-5-11-3-1-2-4-13(11)14(15)9-16-12-7-8-20(18,19)10-12/h1-8,12,16-17H,9-10H2. The maximum absolute atomic E-state index is 11.4. The summed E-state index contributed by atoms with van der Waals surface area (Å²) in [4.78, 5) is 0. The summed E-state index contributed by atoms with van der Waals surface area (Å²) < 4.78 is 22.7. The van der Waals surface area contributed by atoms with Gasteiger partial charge in [0.1, 0.15) is 5.75 Å². The van der Waals surface area contributed by atoms with Gasteiger partial charge in [-0.2, -0.15) is 0 Å². The predicted molar refractivity (Wildman–Crippen MR) is 79.2 cm³/mol. The third-order valence-electron chi connectivity index (χ3n) is 3.49. The smallest absolute Gasteiger partial charge is 0.173 e. The Morgan fingerprint density at radius 3 is 2.75 bits per heavy atom. The average molecular weight is 289 g/mol. The van der Waals surface area contributed by atoms with Crippen molar-refractivity contribution in [1.29, 1.82) is 0 Å². The normalized spacial score (nSPS) is 20.5. The number of hydrogen-bond donors (Lipinski definition) is 2. The van der Waals surface area contributed by atoms with E-state index in [9.17, 15) is 13.5 Å². The van der Waals surface area contributed by atoms with Crippen molar-refractivity contribution < 1.29 is 13.5 Å². The van der Waals surface area contributed by atoms with Gasteiger partial charge in [-0.1, -0.05) is 36.4 Å². The van der Waals surface area contributed by atoms with Crippen molar-refractivity contribution in [3.63, 3.8) is 0 Å². The fraction of sp³-hybridized carbons (Fsp3) is 0.200. The molecule has 0 amide bonds. The molecule has 1 unspecified atom stereocenters. The highest BCUT2D eigenvalue weighted by molar-refractivity contribution is 7.94. The Morgan fingerprint density at radius 2 is 2.00 bits per heavy atom. The molecule has 2 N–H and O–H groups in total. The number of sulfone groups is 1. The van der Waals surface area contributed by atoms with E-state index in [0.29, 0.717) is 6.54 Å². The second kappa shape index (κ2) is 4.92. The van der Waals surface area contributed by atoms with Crippen LogP contribution in [-0.4, -0.2) is 25.3 Å². The molecule has 1 atom stereocenters. The first-order valence-corrected chi connectivity index (χ1v) is 8.11. The molecule has 1 aliphatic heterocycles. The maximum Gasteiger partial charge on any atom is 0.173 e. The third-order valence-corrected chi connectivity index (χ3v) is 4.88. The lowest BCUT2D eigenvalue weighted by atomic mass is 10.0. The van der Waals surface area contributed by atoms with Gasteiger partial charge >= 0.3 is 0 Å². The first kappa shape index (κ1) is 13.1. The predicted octanol–water partition coefficient (Wildman–Crippen LogP) is 1.95. The maximum atomic E-state index is 11.4. The molecule has 2 aromatic rings. The van der Waals surface area contributed by atoms with E-state index in [-0.39, 0.29) is 17.5 Å². The van der Waals surface area contributed by atoms with Crippen LogP contribution in [0.2, 0.25) is 0 Å². The molecule has 1 aliphatic rings. The van der Waals surface area contributed by atoms with E-state index in [4.69, 9.17) is 0 Å². The molecular weight excluding hydrogens is 274 g/mol. The highest BCUT2D eigenvalue weighted by atomic mass is 32.2. The number of phenolic OH excluding ortho intramolecular Hbond substituents is 1. The van der Waals surface area contributed by atoms with Gasteiger partial charge in [0.25, 0.3) is 0 Å². The Balaban J connectivity index is 1.85. The molecule has 0 aromatic heterocycles. The molecule has 1 heterocycles. The molecule has 0 saturated heterocycles. The van der Waals surface area contributed by atoms with Gasteiger partial charge in [0.05, 0.1) is 5.75 Å². The van der Waals surface area contributed by atoms with Gasteiger partial charge in [-0.3, -0.25) is 0 Å². The van der Waals surface area contributed by atoms with Crippen molar-refractivity contribution in [2.45, 2.75) is 12.6 Å². The van der Waals surface area contributed by atoms with Gasteiger partial charge in [-0.15, -0.1) is 0 Å². The van der Waals surface area contributed by atoms with Crippen LogP contribution in [0.4, 0.5) is 0 Å². The fourth-order valence-corrected chi connectivity index (χ4v) is 3.72. The average Bonchev–Trinajstić information content (AvgIpc) is 2.77. The highest BCUT2D eigenvalue weighted by Crippen LogP contribution is 2.27. The molecule has 0 aliphatic carbocycles. The van der Waals surface area contributed by atoms with Crippen LogP contribution in [0.15, 0.2) is 47.9 Å². The molecular formula is C15H15NO3S. The number of fused-ring (bicyclic) bond motifs is 1. The lowest BCUT2D eigenvalue weighted by Crippen LogP contribution is -2.29. The van der Waals surface area contributed by atoms with Crippen molar-refractivity contribution in [2.24, 2.45) is 0 Å². The van der Waals surface area contributed by atoms with Crippen molar-refractivity contribution >= 4 is 20.6 Å². The lowest BCUT2D eigenvalue weighted by Gasteiger charge is -2.13. The fourth-order valence-electron chi connectivity index (χ4n) is 2.45. The summed E-state index contributed by atoms with van der Waals surface area (Å²) in [6.07, 6.45) is 1.65. The quantitative estimate of drug-likeness (QED) is 0.906. The molecule has 3 rings (SSSR count). The van der Waals surface area contributed by atoms with Crippen molar-refractivity contribution in [3.8, 4) is 5.75 Å². The number of nitrogens with one attached hydrogen (secondary N) is 1. The SMILES string of the molecule is O=S1(=O)C=CC(NCc2c(O)ccc3ccccc23)C1. The van der Waals surface area contributed by atoms with E-state index in [2.05, 4.69) is 5.32 Å². The molecule has 104 valence electrons. The van der Waals surface area contributed by atoms with Crippen molar-refractivity contribution in [1.82, 2.24) is 5.32 Å². The summed E-state index contributed by atoms with van der Waals surface area (Å²) in [5.41, 5.74) is 0.792. The van der Waals surface area contributed by atoms with Crippen LogP contribution >= 0.6 is 0 Å². The van der Waals surface area contributed by atoms with Crippen LogP contribution in [0.1, 0.15) is 5.56 Å². The van der Waals surface area contributed by atoms with Gasteiger partial charge in [-0.05, 0) is 16.8 Å². The Bertz CT molecular complexity index is 781. The summed E-state index contributed by atoms with van der Waals surface area (Å²) >= 11 is 0. The van der Waals surface area contributed by atoms with Gasteiger partial charge in [0.15, 0.2) is 9.84 Å². The first-order chi connectivity index (χ1) is 9.55. The second-order valence-electron chi connectivity index (χ2n) is 4.93. The molecule has 0 saturated carbocycles. The van der Waals surface area contributed by atoms with Gasteiger partial charge in [0, 0.05) is 23.6 Å². The summed E-state index contributed by atoms with van der Waals surface area (Å²) in [5, 5.41) is 16.4. The molecule has 0 spiro atoms. The highest BCUT2D eigenvalue weighted by Gasteiger charge is 2.21. The van der Waals surface area contributed by atoms with Crippen LogP contribution in [0.3, 0.4) is 0 Å². The first-order valence-electron chi connectivity index (χ1n) is 6.39. The Hall–Kier alpha value is -1.85. The van der Waals surface area contributed by atoms with Gasteiger partial charge in [-0.25, -0.2) is 8.42 Å². The lowest BCUT2D eigenvalue weighted by molar-refractivity contribution is 0.465. The van der Waals surface area contributed by atoms with Crippen LogP contribution in [0.5, 0.6) is 5.75 Å². The number of aromatic hydroxyl groups is 1. The van der Waals surface area contributed by atoms with E-state index in [0.717, 1.165) is 16.3 Å². The number of benzene rings is 2. The third kappa shape index (κ3) is 2.55. The van der Waals surface area contributed by atoms with Crippen LogP contribution < -0.4 is 5.32 Å². The van der Waals surface area contributed by atoms with Crippen molar-refractivity contribution in [3.05, 3.63) is 53.4 Å². The van der Waals surface area contributed by atoms with Gasteiger partial charge in [0.2, 0.25) is 0 Å². The van der Waals surface area contributed by atoms with E-state index in [1.165, 1.54) is 5.41 Å². The molecule has 2 aromatic carbocycles. The van der Waals surface area contributed by atoms with Crippen LogP contribution in [0.25, 0.3) is 10.8 Å². The molecule has 4 nitrogen and oxygen atoms in total. The zero-order chi connectivity index (χ0) is 14.2. The summed E-state index contributed by atoms with van der Waals surface area (Å²) in [5.74, 6) is 0.305. The van der Waals surface area contributed by atoms with E-state index < -0.39 is 9.84 Å². The molecule has 20 heavy (non-hydrogen) atoms. The monoisotopic (exact) mass is 289 g/mol. The second-order valence-corrected chi connectivity index (χ2v) is 6.86. The number of phenols is 1. The van der Waals surface area contributed by atoms with E-state index in [1.807, 2.05) is 30.3 Å². The Labute approximate surface area is 117 Å². The zero-order valence-electron chi connectivity index (χ0n) is 10.8. The molecule has 0 radical (unpaired) electrons. The minimum absolute atomic E-state index is 0.0819. The summed E-state index contributed by atoms with van der Waals surface area (Å²) in [7, 11) is -3.06. The number of hydrogen-bond acceptors (Lipinski definition) is 4. The van der Waals surface area contributed by atoms with Crippen LogP contribution in [-0.2, 0) is 16.4 Å². The largest absolute Gasteiger partial charge is 0.508 e. The molecule has 0 fully saturated rings. The minimum atomic E-state index is -3.06. The van der Waals surface area contributed by atoms with Gasteiger partial charge < -0.3 is 10.4 Å². The Morgan fingerprint density at radius 1 is 1.20 bits per heavy atom. The van der Waals surface area contributed by atoms with Crippen LogP contribution in [0, 0.1) is 0 Å². The molecule has 5 heteroatoms. The van der Waals surface area contributed by atoms with E-state index >= 15 is 0 Å². The minimum Gasteiger partial charge on any atom is -0.508 e. The van der Waals surface area contributed by atoms with E-state index in [1.54, 1.807) is 12.1 Å². The summed E-state index contributed by atoms with van der Waals surface area (Å²) in [6.45, 7) is 0.428. The topological polar surface area (TPSA) is 66.4 Å². The summed E-state index contributed by atoms with van der Waals surface area (Å²) in [6, 6.07) is 11.1. The molecule has 0 bridgehead atoms. The van der Waals surface area contributed by atoms with Crippen molar-refractivity contribution in [2.75, 3.05) is 5.75 Å².